The zero-order chi connectivity index (χ0) is 13.0. The van der Waals surface area contributed by atoms with E-state index in [1.807, 2.05) is 12.3 Å². The van der Waals surface area contributed by atoms with Crippen LogP contribution in [0.4, 0.5) is 0 Å². The SMILES string of the molecule is O=C(O)c1cccc2[nH]c3c(c12)CCc1cn[nH]c1-3. The van der Waals surface area contributed by atoms with Gasteiger partial charge in [0, 0.05) is 10.9 Å². The third-order valence-corrected chi connectivity index (χ3v) is 3.77. The zero-order valence-corrected chi connectivity index (χ0v) is 10.0. The van der Waals surface area contributed by atoms with Gasteiger partial charge in [0.25, 0.3) is 0 Å². The second-order valence-electron chi connectivity index (χ2n) is 4.78. The Morgan fingerprint density at radius 2 is 2.16 bits per heavy atom. The van der Waals surface area contributed by atoms with E-state index in [0.717, 1.165) is 40.7 Å². The van der Waals surface area contributed by atoms with Crippen molar-refractivity contribution >= 4 is 16.9 Å². The first-order chi connectivity index (χ1) is 9.25. The largest absolute Gasteiger partial charge is 0.478 e. The lowest BCUT2D eigenvalue weighted by Gasteiger charge is -2.11. The van der Waals surface area contributed by atoms with Crippen LogP contribution in [0.25, 0.3) is 22.3 Å². The molecule has 0 amide bonds. The van der Waals surface area contributed by atoms with Gasteiger partial charge in [-0.3, -0.25) is 5.10 Å². The number of nitrogens with one attached hydrogen (secondary N) is 2. The van der Waals surface area contributed by atoms with Gasteiger partial charge in [-0.05, 0) is 36.1 Å². The van der Waals surface area contributed by atoms with Gasteiger partial charge >= 0.3 is 5.97 Å². The predicted octanol–water partition coefficient (Wildman–Crippen LogP) is 2.35. The van der Waals surface area contributed by atoms with Gasteiger partial charge in [-0.15, -0.1) is 0 Å². The Hall–Kier alpha value is -2.56. The number of hydrogen-bond donors (Lipinski definition) is 3. The molecule has 2 aromatic heterocycles. The van der Waals surface area contributed by atoms with Gasteiger partial charge in [-0.1, -0.05) is 6.07 Å². The highest BCUT2D eigenvalue weighted by Gasteiger charge is 2.24. The van der Waals surface area contributed by atoms with Gasteiger partial charge in [0.15, 0.2) is 0 Å². The molecule has 5 heteroatoms. The summed E-state index contributed by atoms with van der Waals surface area (Å²) in [7, 11) is 0. The minimum absolute atomic E-state index is 0.359. The summed E-state index contributed by atoms with van der Waals surface area (Å²) in [5.74, 6) is -0.886. The lowest BCUT2D eigenvalue weighted by Crippen LogP contribution is -2.03. The molecule has 1 aromatic carbocycles. The maximum absolute atomic E-state index is 11.4. The third kappa shape index (κ3) is 1.29. The molecule has 3 N–H and O–H groups in total. The summed E-state index contributed by atoms with van der Waals surface area (Å²) in [6, 6.07) is 5.33. The molecule has 0 aliphatic heterocycles. The van der Waals surface area contributed by atoms with Crippen LogP contribution in [-0.4, -0.2) is 26.3 Å². The number of aromatic nitrogens is 3. The number of carbonyl (C=O) groups is 1. The van der Waals surface area contributed by atoms with E-state index in [0.29, 0.717) is 5.56 Å². The van der Waals surface area contributed by atoms with Crippen molar-refractivity contribution in [2.75, 3.05) is 0 Å². The van der Waals surface area contributed by atoms with Gasteiger partial charge in [-0.25, -0.2) is 4.79 Å². The number of hydrogen-bond acceptors (Lipinski definition) is 2. The fourth-order valence-corrected chi connectivity index (χ4v) is 2.94. The quantitative estimate of drug-likeness (QED) is 0.622. The van der Waals surface area contributed by atoms with Crippen molar-refractivity contribution in [3.05, 3.63) is 41.1 Å². The van der Waals surface area contributed by atoms with Crippen LogP contribution in [-0.2, 0) is 12.8 Å². The fraction of sp³-hybridized carbons (Fsp3) is 0.143. The molecule has 3 aromatic rings. The normalized spacial score (nSPS) is 13.3. The summed E-state index contributed by atoms with van der Waals surface area (Å²) in [6.45, 7) is 0. The van der Waals surface area contributed by atoms with Crippen molar-refractivity contribution in [1.82, 2.24) is 15.2 Å². The Bertz CT molecular complexity index is 813. The number of H-pyrrole nitrogens is 2. The molecular weight excluding hydrogens is 242 g/mol. The molecule has 0 fully saturated rings. The summed E-state index contributed by atoms with van der Waals surface area (Å²) in [5, 5.41) is 17.2. The maximum Gasteiger partial charge on any atom is 0.336 e. The molecule has 19 heavy (non-hydrogen) atoms. The van der Waals surface area contributed by atoms with Crippen molar-refractivity contribution in [3.63, 3.8) is 0 Å². The Morgan fingerprint density at radius 1 is 1.26 bits per heavy atom. The van der Waals surface area contributed by atoms with Crippen LogP contribution in [0.3, 0.4) is 0 Å². The van der Waals surface area contributed by atoms with Gasteiger partial charge in [-0.2, -0.15) is 5.10 Å². The molecule has 0 spiro atoms. The predicted molar refractivity (Wildman–Crippen MR) is 70.2 cm³/mol. The first-order valence-electron chi connectivity index (χ1n) is 6.15. The van der Waals surface area contributed by atoms with Crippen LogP contribution in [0.2, 0.25) is 0 Å². The highest BCUT2D eigenvalue weighted by atomic mass is 16.4. The van der Waals surface area contributed by atoms with Crippen molar-refractivity contribution in [1.29, 1.82) is 0 Å². The van der Waals surface area contributed by atoms with E-state index < -0.39 is 5.97 Å². The standard InChI is InChI=1S/C14H11N3O2/c18-14(19)9-2-1-3-10-11(9)8-5-4-7-6-15-17-12(7)13(8)16-10/h1-3,6,16H,4-5H2,(H,15,17)(H,18,19). The van der Waals surface area contributed by atoms with E-state index >= 15 is 0 Å². The molecule has 4 rings (SSSR count). The van der Waals surface area contributed by atoms with Gasteiger partial charge in [0.05, 0.1) is 23.1 Å². The number of nitrogens with zero attached hydrogens (tertiary/aromatic N) is 1. The van der Waals surface area contributed by atoms with E-state index in [1.54, 1.807) is 12.1 Å². The topological polar surface area (TPSA) is 81.8 Å². The molecule has 1 aliphatic carbocycles. The molecule has 0 atom stereocenters. The number of rotatable bonds is 1. The van der Waals surface area contributed by atoms with Gasteiger partial charge in [0.1, 0.15) is 0 Å². The van der Waals surface area contributed by atoms with Crippen molar-refractivity contribution < 1.29 is 9.90 Å². The highest BCUT2D eigenvalue weighted by Crippen LogP contribution is 2.37. The minimum atomic E-state index is -0.886. The number of aromatic carboxylic acids is 1. The Balaban J connectivity index is 2.11. The number of carboxylic acids is 1. The monoisotopic (exact) mass is 253 g/mol. The summed E-state index contributed by atoms with van der Waals surface area (Å²) in [4.78, 5) is 14.7. The summed E-state index contributed by atoms with van der Waals surface area (Å²) in [6.07, 6.45) is 3.56. The van der Waals surface area contributed by atoms with Crippen LogP contribution in [0.5, 0.6) is 0 Å². The minimum Gasteiger partial charge on any atom is -0.478 e. The van der Waals surface area contributed by atoms with Crippen LogP contribution in [0.15, 0.2) is 24.4 Å². The van der Waals surface area contributed by atoms with Gasteiger partial charge < -0.3 is 10.1 Å². The van der Waals surface area contributed by atoms with E-state index in [9.17, 15) is 9.90 Å². The van der Waals surface area contributed by atoms with Crippen LogP contribution < -0.4 is 0 Å². The Morgan fingerprint density at radius 3 is 3.00 bits per heavy atom. The van der Waals surface area contributed by atoms with Crippen LogP contribution >= 0.6 is 0 Å². The first kappa shape index (κ1) is 10.4. The van der Waals surface area contributed by atoms with E-state index in [-0.39, 0.29) is 0 Å². The van der Waals surface area contributed by atoms with Crippen molar-refractivity contribution in [2.24, 2.45) is 0 Å². The molecule has 0 unspecified atom stereocenters. The molecule has 0 radical (unpaired) electrons. The Kier molecular flexibility index (Phi) is 1.90. The lowest BCUT2D eigenvalue weighted by atomic mass is 9.92. The van der Waals surface area contributed by atoms with E-state index in [2.05, 4.69) is 15.2 Å². The number of aryl methyl sites for hydroxylation is 2. The number of benzene rings is 1. The summed E-state index contributed by atoms with van der Waals surface area (Å²) in [5.41, 5.74) is 5.43. The molecule has 0 saturated carbocycles. The first-order valence-corrected chi connectivity index (χ1v) is 6.15. The zero-order valence-electron chi connectivity index (χ0n) is 10.0. The fourth-order valence-electron chi connectivity index (χ4n) is 2.94. The van der Waals surface area contributed by atoms with E-state index in [1.165, 1.54) is 5.56 Å². The second-order valence-corrected chi connectivity index (χ2v) is 4.78. The lowest BCUT2D eigenvalue weighted by molar-refractivity contribution is 0.0699. The average molecular weight is 253 g/mol. The smallest absolute Gasteiger partial charge is 0.336 e. The number of carboxylic acid groups (broad SMARTS) is 1. The highest BCUT2D eigenvalue weighted by molar-refractivity contribution is 6.06. The van der Waals surface area contributed by atoms with E-state index in [4.69, 9.17) is 0 Å². The molecule has 0 bridgehead atoms. The van der Waals surface area contributed by atoms with Crippen LogP contribution in [0, 0.1) is 0 Å². The molecule has 0 saturated heterocycles. The van der Waals surface area contributed by atoms with Crippen LogP contribution in [0.1, 0.15) is 21.5 Å². The Labute approximate surface area is 108 Å². The molecular formula is C14H11N3O2. The summed E-state index contributed by atoms with van der Waals surface area (Å²) < 4.78 is 0. The molecule has 1 aliphatic rings. The van der Waals surface area contributed by atoms with Crippen molar-refractivity contribution in [2.45, 2.75) is 12.8 Å². The number of aromatic amines is 2. The average Bonchev–Trinajstić information content (AvgIpc) is 3.01. The molecule has 5 nitrogen and oxygen atoms in total. The maximum atomic E-state index is 11.4. The molecule has 94 valence electrons. The van der Waals surface area contributed by atoms with Gasteiger partial charge in [0.2, 0.25) is 0 Å². The third-order valence-electron chi connectivity index (χ3n) is 3.77. The second kappa shape index (κ2) is 3.47. The summed E-state index contributed by atoms with van der Waals surface area (Å²) >= 11 is 0. The number of fused-ring (bicyclic) bond motifs is 5. The van der Waals surface area contributed by atoms with Crippen molar-refractivity contribution in [3.8, 4) is 11.4 Å². The molecule has 2 heterocycles.